The molecule has 0 radical (unpaired) electrons. The van der Waals surface area contributed by atoms with Gasteiger partial charge in [-0.1, -0.05) is 12.8 Å². The molecule has 3 fully saturated rings. The van der Waals surface area contributed by atoms with E-state index in [0.717, 1.165) is 0 Å². The molecule has 0 saturated heterocycles. The maximum absolute atomic E-state index is 5.55. The molecule has 3 saturated carbocycles. The fraction of sp³-hybridized carbons (Fsp3) is 0.818. The van der Waals surface area contributed by atoms with Crippen LogP contribution in [0.1, 0.15) is 38.5 Å². The van der Waals surface area contributed by atoms with E-state index in [-0.39, 0.29) is 0 Å². The first-order chi connectivity index (χ1) is 5.36. The molecule has 0 amide bonds. The fourth-order valence-electron chi connectivity index (χ4n) is 3.75. The molecule has 0 bridgehead atoms. The quantitative estimate of drug-likeness (QED) is 0.461. The SMILES string of the molecule is C#CC1C2(CCC2)C12CCC2. The zero-order valence-corrected chi connectivity index (χ0v) is 6.90. The van der Waals surface area contributed by atoms with Crippen LogP contribution in [0.3, 0.4) is 0 Å². The standard InChI is InChI=1S/C11H14/c1-2-9-10(5-3-6-10)11(9)7-4-8-11/h1,9H,3-8H2. The molecule has 0 heterocycles. The normalized spacial score (nSPS) is 40.8. The maximum Gasteiger partial charge on any atom is 0.0324 e. The predicted octanol–water partition coefficient (Wildman–Crippen LogP) is 2.59. The van der Waals surface area contributed by atoms with Crippen molar-refractivity contribution in [3.8, 4) is 12.3 Å². The smallest absolute Gasteiger partial charge is 0.0324 e. The molecule has 0 aromatic carbocycles. The van der Waals surface area contributed by atoms with E-state index in [1.807, 2.05) is 0 Å². The van der Waals surface area contributed by atoms with Crippen molar-refractivity contribution in [3.05, 3.63) is 0 Å². The Morgan fingerprint density at radius 2 is 1.45 bits per heavy atom. The zero-order chi connectivity index (χ0) is 7.53. The van der Waals surface area contributed by atoms with Gasteiger partial charge >= 0.3 is 0 Å². The summed E-state index contributed by atoms with van der Waals surface area (Å²) >= 11 is 0. The van der Waals surface area contributed by atoms with Crippen LogP contribution in [0.15, 0.2) is 0 Å². The Hall–Kier alpha value is -0.440. The highest BCUT2D eigenvalue weighted by molar-refractivity contribution is 5.34. The number of rotatable bonds is 0. The summed E-state index contributed by atoms with van der Waals surface area (Å²) in [5, 5.41) is 0. The number of hydrogen-bond donors (Lipinski definition) is 0. The molecule has 0 aromatic heterocycles. The highest BCUT2D eigenvalue weighted by Crippen LogP contribution is 2.84. The van der Waals surface area contributed by atoms with Crippen molar-refractivity contribution in [2.24, 2.45) is 16.7 Å². The maximum atomic E-state index is 5.55. The van der Waals surface area contributed by atoms with Crippen LogP contribution in [-0.4, -0.2) is 0 Å². The topological polar surface area (TPSA) is 0 Å². The van der Waals surface area contributed by atoms with Gasteiger partial charge in [0, 0.05) is 5.92 Å². The summed E-state index contributed by atoms with van der Waals surface area (Å²) in [4.78, 5) is 0. The van der Waals surface area contributed by atoms with Crippen molar-refractivity contribution in [2.75, 3.05) is 0 Å². The van der Waals surface area contributed by atoms with Crippen LogP contribution < -0.4 is 0 Å². The van der Waals surface area contributed by atoms with Crippen molar-refractivity contribution in [2.45, 2.75) is 38.5 Å². The summed E-state index contributed by atoms with van der Waals surface area (Å²) in [5.74, 6) is 3.72. The molecule has 0 heteroatoms. The number of terminal acetylenes is 1. The van der Waals surface area contributed by atoms with Gasteiger partial charge in [-0.25, -0.2) is 0 Å². The molecular formula is C11H14. The minimum absolute atomic E-state index is 0.692. The van der Waals surface area contributed by atoms with Crippen LogP contribution in [0.25, 0.3) is 0 Å². The zero-order valence-electron chi connectivity index (χ0n) is 6.90. The molecule has 0 aromatic rings. The van der Waals surface area contributed by atoms with Crippen molar-refractivity contribution in [1.29, 1.82) is 0 Å². The molecule has 3 aliphatic rings. The van der Waals surface area contributed by atoms with Crippen LogP contribution in [0.5, 0.6) is 0 Å². The molecule has 3 aliphatic carbocycles. The summed E-state index contributed by atoms with van der Waals surface area (Å²) < 4.78 is 0. The second kappa shape index (κ2) is 1.51. The van der Waals surface area contributed by atoms with Crippen LogP contribution in [-0.2, 0) is 0 Å². The molecular weight excluding hydrogens is 132 g/mol. The van der Waals surface area contributed by atoms with Crippen LogP contribution in [0.4, 0.5) is 0 Å². The third-order valence-corrected chi connectivity index (χ3v) is 4.67. The van der Waals surface area contributed by atoms with Gasteiger partial charge in [0.2, 0.25) is 0 Å². The minimum atomic E-state index is 0.692. The van der Waals surface area contributed by atoms with Gasteiger partial charge in [0.1, 0.15) is 0 Å². The lowest BCUT2D eigenvalue weighted by Gasteiger charge is -2.37. The van der Waals surface area contributed by atoms with Gasteiger partial charge in [0.05, 0.1) is 0 Å². The highest BCUT2D eigenvalue weighted by Gasteiger charge is 2.78. The molecule has 0 nitrogen and oxygen atoms in total. The van der Waals surface area contributed by atoms with Gasteiger partial charge in [0.25, 0.3) is 0 Å². The van der Waals surface area contributed by atoms with Gasteiger partial charge in [-0.15, -0.1) is 12.3 Å². The third kappa shape index (κ3) is 0.409. The summed E-state index contributed by atoms with van der Waals surface area (Å²) in [6.07, 6.45) is 14.2. The van der Waals surface area contributed by atoms with Gasteiger partial charge in [-0.2, -0.15) is 0 Å². The highest BCUT2D eigenvalue weighted by atomic mass is 14.8. The molecule has 0 aliphatic heterocycles. The van der Waals surface area contributed by atoms with E-state index in [2.05, 4.69) is 5.92 Å². The summed E-state index contributed by atoms with van der Waals surface area (Å²) in [5.41, 5.74) is 1.39. The van der Waals surface area contributed by atoms with Crippen molar-refractivity contribution in [3.63, 3.8) is 0 Å². The summed E-state index contributed by atoms with van der Waals surface area (Å²) in [6, 6.07) is 0. The Kier molecular flexibility index (Phi) is 0.838. The Morgan fingerprint density at radius 1 is 1.00 bits per heavy atom. The van der Waals surface area contributed by atoms with Crippen LogP contribution in [0, 0.1) is 29.1 Å². The largest absolute Gasteiger partial charge is 0.120 e. The van der Waals surface area contributed by atoms with Crippen molar-refractivity contribution >= 4 is 0 Å². The first-order valence-electron chi connectivity index (χ1n) is 4.82. The lowest BCUT2D eigenvalue weighted by molar-refractivity contribution is 0.129. The van der Waals surface area contributed by atoms with Crippen molar-refractivity contribution < 1.29 is 0 Å². The molecule has 0 unspecified atom stereocenters. The number of fused-ring (bicyclic) bond motifs is 1. The Morgan fingerprint density at radius 3 is 1.55 bits per heavy atom. The first-order valence-corrected chi connectivity index (χ1v) is 4.82. The molecule has 0 atom stereocenters. The van der Waals surface area contributed by atoms with E-state index in [1.54, 1.807) is 0 Å². The van der Waals surface area contributed by atoms with Crippen LogP contribution in [0.2, 0.25) is 0 Å². The summed E-state index contributed by atoms with van der Waals surface area (Å²) in [6.45, 7) is 0. The molecule has 2 spiro atoms. The monoisotopic (exact) mass is 146 g/mol. The number of hydrogen-bond acceptors (Lipinski definition) is 0. The Balaban J connectivity index is 1.93. The van der Waals surface area contributed by atoms with E-state index < -0.39 is 0 Å². The average molecular weight is 146 g/mol. The fourth-order valence-corrected chi connectivity index (χ4v) is 3.75. The third-order valence-electron chi connectivity index (χ3n) is 4.67. The van der Waals surface area contributed by atoms with Gasteiger partial charge in [0.15, 0.2) is 0 Å². The van der Waals surface area contributed by atoms with Gasteiger partial charge in [-0.05, 0) is 36.5 Å². The van der Waals surface area contributed by atoms with E-state index in [9.17, 15) is 0 Å². The first kappa shape index (κ1) is 6.12. The summed E-state index contributed by atoms with van der Waals surface area (Å²) in [7, 11) is 0. The van der Waals surface area contributed by atoms with E-state index in [1.165, 1.54) is 38.5 Å². The van der Waals surface area contributed by atoms with E-state index >= 15 is 0 Å². The van der Waals surface area contributed by atoms with E-state index in [0.29, 0.717) is 16.7 Å². The minimum Gasteiger partial charge on any atom is -0.120 e. The van der Waals surface area contributed by atoms with Crippen molar-refractivity contribution in [1.82, 2.24) is 0 Å². The second-order valence-corrected chi connectivity index (χ2v) is 4.62. The van der Waals surface area contributed by atoms with Gasteiger partial charge < -0.3 is 0 Å². The van der Waals surface area contributed by atoms with Gasteiger partial charge in [-0.3, -0.25) is 0 Å². The average Bonchev–Trinajstić information content (AvgIpc) is 2.47. The Labute approximate surface area is 68.4 Å². The molecule has 58 valence electrons. The molecule has 11 heavy (non-hydrogen) atoms. The molecule has 0 N–H and O–H groups in total. The molecule has 3 rings (SSSR count). The van der Waals surface area contributed by atoms with E-state index in [4.69, 9.17) is 6.42 Å². The Bertz CT molecular complexity index is 215. The second-order valence-electron chi connectivity index (χ2n) is 4.62. The lowest BCUT2D eigenvalue weighted by atomic mass is 9.67. The van der Waals surface area contributed by atoms with Crippen LogP contribution >= 0.6 is 0 Å². The predicted molar refractivity (Wildman–Crippen MR) is 44.9 cm³/mol. The lowest BCUT2D eigenvalue weighted by Crippen LogP contribution is -2.26.